The van der Waals surface area contributed by atoms with Crippen molar-refractivity contribution in [2.75, 3.05) is 31.1 Å². The molecule has 1 aromatic carbocycles. The van der Waals surface area contributed by atoms with Crippen molar-refractivity contribution in [1.82, 2.24) is 10.2 Å². The molecule has 2 atom stereocenters. The van der Waals surface area contributed by atoms with Crippen LogP contribution in [0.3, 0.4) is 0 Å². The molecular formula is C17H24ClN3O2. The molecule has 2 unspecified atom stereocenters. The highest BCUT2D eigenvalue weighted by Crippen LogP contribution is 2.25. The zero-order valence-electron chi connectivity index (χ0n) is 13.4. The summed E-state index contributed by atoms with van der Waals surface area (Å²) >= 11 is 0. The van der Waals surface area contributed by atoms with Gasteiger partial charge in [0.15, 0.2) is 0 Å². The van der Waals surface area contributed by atoms with Gasteiger partial charge in [0.05, 0.1) is 5.92 Å². The number of likely N-dealkylation sites (N-methyl/N-ethyl adjacent to an activating group) is 1. The summed E-state index contributed by atoms with van der Waals surface area (Å²) in [5, 5.41) is 3.23. The van der Waals surface area contributed by atoms with Gasteiger partial charge < -0.3 is 15.1 Å². The number of para-hydroxylation sites is 1. The summed E-state index contributed by atoms with van der Waals surface area (Å²) < 4.78 is 0. The Bertz CT molecular complexity index is 546. The molecular weight excluding hydrogens is 314 g/mol. The fourth-order valence-corrected chi connectivity index (χ4v) is 3.45. The van der Waals surface area contributed by atoms with Gasteiger partial charge in [0, 0.05) is 25.3 Å². The highest BCUT2D eigenvalue weighted by molar-refractivity contribution is 6.01. The average Bonchev–Trinajstić information content (AvgIpc) is 3.20. The van der Waals surface area contributed by atoms with Gasteiger partial charge in [0.25, 0.3) is 0 Å². The van der Waals surface area contributed by atoms with Crippen LogP contribution in [0.4, 0.5) is 5.69 Å². The van der Waals surface area contributed by atoms with Crippen molar-refractivity contribution in [2.24, 2.45) is 5.92 Å². The smallest absolute Gasteiger partial charge is 0.249 e. The fraction of sp³-hybridized carbons (Fsp3) is 0.529. The highest BCUT2D eigenvalue weighted by Gasteiger charge is 2.40. The zero-order valence-corrected chi connectivity index (χ0v) is 14.2. The van der Waals surface area contributed by atoms with Crippen LogP contribution in [-0.4, -0.2) is 48.9 Å². The lowest BCUT2D eigenvalue weighted by Gasteiger charge is -2.29. The topological polar surface area (TPSA) is 52.7 Å². The number of rotatable bonds is 4. The molecule has 2 saturated heterocycles. The van der Waals surface area contributed by atoms with Crippen LogP contribution < -0.4 is 10.2 Å². The minimum atomic E-state index is -0.307. The number of anilines is 1. The summed E-state index contributed by atoms with van der Waals surface area (Å²) in [4.78, 5) is 29.0. The van der Waals surface area contributed by atoms with E-state index in [1.54, 1.807) is 9.80 Å². The lowest BCUT2D eigenvalue weighted by atomic mass is 10.1. The predicted molar refractivity (Wildman–Crippen MR) is 92.8 cm³/mol. The van der Waals surface area contributed by atoms with Gasteiger partial charge in [-0.25, -0.2) is 0 Å². The van der Waals surface area contributed by atoms with E-state index >= 15 is 0 Å². The lowest BCUT2D eigenvalue weighted by Crippen LogP contribution is -2.47. The molecule has 2 heterocycles. The van der Waals surface area contributed by atoms with E-state index < -0.39 is 0 Å². The van der Waals surface area contributed by atoms with Crippen LogP contribution in [-0.2, 0) is 9.59 Å². The van der Waals surface area contributed by atoms with Crippen molar-refractivity contribution in [3.63, 3.8) is 0 Å². The minimum absolute atomic E-state index is 0. The first-order valence-electron chi connectivity index (χ1n) is 8.10. The van der Waals surface area contributed by atoms with Gasteiger partial charge in [-0.15, -0.1) is 12.4 Å². The molecule has 2 aliphatic rings. The van der Waals surface area contributed by atoms with Crippen LogP contribution in [0.25, 0.3) is 0 Å². The molecule has 0 spiro atoms. The summed E-state index contributed by atoms with van der Waals surface area (Å²) in [7, 11) is 0. The van der Waals surface area contributed by atoms with Crippen molar-refractivity contribution in [1.29, 1.82) is 0 Å². The largest absolute Gasteiger partial charge is 0.331 e. The second-order valence-electron chi connectivity index (χ2n) is 5.94. The Kier molecular flexibility index (Phi) is 6.02. The molecule has 6 heteroatoms. The van der Waals surface area contributed by atoms with Crippen molar-refractivity contribution >= 4 is 29.9 Å². The first-order chi connectivity index (χ1) is 10.7. The maximum Gasteiger partial charge on any atom is 0.249 e. The number of amides is 2. The molecule has 0 aliphatic carbocycles. The second-order valence-corrected chi connectivity index (χ2v) is 5.94. The molecule has 2 amide bonds. The van der Waals surface area contributed by atoms with Crippen LogP contribution in [0, 0.1) is 5.92 Å². The first-order valence-corrected chi connectivity index (χ1v) is 8.10. The van der Waals surface area contributed by atoms with Crippen LogP contribution in [0.2, 0.25) is 0 Å². The van der Waals surface area contributed by atoms with Gasteiger partial charge in [-0.1, -0.05) is 18.2 Å². The van der Waals surface area contributed by atoms with E-state index in [2.05, 4.69) is 5.32 Å². The molecule has 0 saturated carbocycles. The molecule has 0 radical (unpaired) electrons. The number of hydrogen-bond donors (Lipinski definition) is 1. The van der Waals surface area contributed by atoms with E-state index in [-0.39, 0.29) is 36.2 Å². The number of hydrogen-bond acceptors (Lipinski definition) is 3. The van der Waals surface area contributed by atoms with E-state index in [0.717, 1.165) is 25.2 Å². The Morgan fingerprint density at radius 3 is 2.65 bits per heavy atom. The molecule has 1 N–H and O–H groups in total. The lowest BCUT2D eigenvalue weighted by molar-refractivity contribution is -0.141. The van der Waals surface area contributed by atoms with Gasteiger partial charge >= 0.3 is 0 Å². The molecule has 1 aromatic rings. The molecule has 0 bridgehead atoms. The number of nitrogens with one attached hydrogen (secondary N) is 1. The van der Waals surface area contributed by atoms with Crippen molar-refractivity contribution in [2.45, 2.75) is 25.8 Å². The summed E-state index contributed by atoms with van der Waals surface area (Å²) in [6.45, 7) is 4.86. The molecule has 2 aliphatic heterocycles. The standard InChI is InChI=1S/C17H23N3O2.ClH/c1-2-19(16(21)13-8-10-18-12-13)15-9-11-20(17(15)22)14-6-4-3-5-7-14;/h3-7,13,15,18H,2,8-12H2,1H3;1H. The quantitative estimate of drug-likeness (QED) is 0.909. The summed E-state index contributed by atoms with van der Waals surface area (Å²) in [6, 6.07) is 9.39. The first kappa shape index (κ1) is 17.8. The minimum Gasteiger partial charge on any atom is -0.331 e. The highest BCUT2D eigenvalue weighted by atomic mass is 35.5. The fourth-order valence-electron chi connectivity index (χ4n) is 3.45. The third-order valence-electron chi connectivity index (χ3n) is 4.65. The SMILES string of the molecule is CCN(C(=O)C1CCNC1)C1CCN(c2ccccc2)C1=O.Cl. The van der Waals surface area contributed by atoms with Gasteiger partial charge in [0.1, 0.15) is 6.04 Å². The number of carbonyl (C=O) groups excluding carboxylic acids is 2. The van der Waals surface area contributed by atoms with E-state index in [0.29, 0.717) is 19.5 Å². The number of nitrogens with zero attached hydrogens (tertiary/aromatic N) is 2. The Morgan fingerprint density at radius 2 is 2.04 bits per heavy atom. The Morgan fingerprint density at radius 1 is 1.30 bits per heavy atom. The van der Waals surface area contributed by atoms with Crippen LogP contribution in [0.15, 0.2) is 30.3 Å². The van der Waals surface area contributed by atoms with E-state index in [1.165, 1.54) is 0 Å². The van der Waals surface area contributed by atoms with Gasteiger partial charge in [-0.05, 0) is 38.4 Å². The Labute approximate surface area is 143 Å². The summed E-state index contributed by atoms with van der Waals surface area (Å²) in [6.07, 6.45) is 1.59. The monoisotopic (exact) mass is 337 g/mol. The second kappa shape index (κ2) is 7.79. The number of benzene rings is 1. The van der Waals surface area contributed by atoms with Gasteiger partial charge in [-0.2, -0.15) is 0 Å². The summed E-state index contributed by atoms with van der Waals surface area (Å²) in [5.41, 5.74) is 0.918. The number of carbonyl (C=O) groups is 2. The maximum atomic E-state index is 12.7. The van der Waals surface area contributed by atoms with Crippen molar-refractivity contribution in [3.8, 4) is 0 Å². The molecule has 23 heavy (non-hydrogen) atoms. The normalized spacial score (nSPS) is 23.7. The van der Waals surface area contributed by atoms with Crippen LogP contribution >= 0.6 is 12.4 Å². The zero-order chi connectivity index (χ0) is 15.5. The molecule has 0 aromatic heterocycles. The van der Waals surface area contributed by atoms with Gasteiger partial charge in [0.2, 0.25) is 11.8 Å². The molecule has 126 valence electrons. The molecule has 3 rings (SSSR count). The third kappa shape index (κ3) is 3.51. The molecule has 5 nitrogen and oxygen atoms in total. The maximum absolute atomic E-state index is 12.7. The van der Waals surface area contributed by atoms with Gasteiger partial charge in [-0.3, -0.25) is 9.59 Å². The van der Waals surface area contributed by atoms with E-state index in [4.69, 9.17) is 0 Å². The van der Waals surface area contributed by atoms with Crippen LogP contribution in [0.5, 0.6) is 0 Å². The summed E-state index contributed by atoms with van der Waals surface area (Å²) in [5.74, 6) is 0.201. The van der Waals surface area contributed by atoms with Crippen molar-refractivity contribution in [3.05, 3.63) is 30.3 Å². The van der Waals surface area contributed by atoms with Crippen molar-refractivity contribution < 1.29 is 9.59 Å². The predicted octanol–water partition coefficient (Wildman–Crippen LogP) is 1.67. The average molecular weight is 338 g/mol. The third-order valence-corrected chi connectivity index (χ3v) is 4.65. The number of halogens is 1. The van der Waals surface area contributed by atoms with E-state index in [1.807, 2.05) is 37.3 Å². The van der Waals surface area contributed by atoms with Crippen LogP contribution in [0.1, 0.15) is 19.8 Å². The van der Waals surface area contributed by atoms with E-state index in [9.17, 15) is 9.59 Å². The Balaban J connectivity index is 0.00000192. The Hall–Kier alpha value is -1.59. The molecule has 2 fully saturated rings.